The number of carbonyl (C=O) groups excluding carboxylic acids is 1. The van der Waals surface area contributed by atoms with Crippen molar-refractivity contribution in [2.24, 2.45) is 0 Å². The SMILES string of the molecule is COCOc1ccc(C(=O)n2c(C)cc3c(CC(=O)O)cccc32)cc1. The van der Waals surface area contributed by atoms with Crippen molar-refractivity contribution in [1.29, 1.82) is 0 Å². The van der Waals surface area contributed by atoms with Crippen LogP contribution in [-0.2, 0) is 16.0 Å². The number of nitrogens with zero attached hydrogens (tertiary/aromatic N) is 1. The summed E-state index contributed by atoms with van der Waals surface area (Å²) < 4.78 is 11.8. The highest BCUT2D eigenvalue weighted by Gasteiger charge is 2.17. The zero-order valence-electron chi connectivity index (χ0n) is 14.6. The fourth-order valence-electron chi connectivity index (χ4n) is 2.96. The summed E-state index contributed by atoms with van der Waals surface area (Å²) in [6.07, 6.45) is -0.0828. The third-order valence-corrected chi connectivity index (χ3v) is 4.11. The van der Waals surface area contributed by atoms with Gasteiger partial charge in [0.15, 0.2) is 6.79 Å². The monoisotopic (exact) mass is 353 g/mol. The lowest BCUT2D eigenvalue weighted by molar-refractivity contribution is -0.136. The van der Waals surface area contributed by atoms with Gasteiger partial charge in [0.25, 0.3) is 5.91 Å². The second-order valence-electron chi connectivity index (χ2n) is 5.92. The molecule has 0 amide bonds. The average molecular weight is 353 g/mol. The minimum atomic E-state index is -0.902. The Bertz CT molecular complexity index is 956. The molecule has 0 saturated heterocycles. The first-order valence-electron chi connectivity index (χ1n) is 8.09. The Kier molecular flexibility index (Phi) is 5.04. The number of hydrogen-bond donors (Lipinski definition) is 1. The summed E-state index contributed by atoms with van der Waals surface area (Å²) in [7, 11) is 1.54. The molecule has 1 aromatic heterocycles. The van der Waals surface area contributed by atoms with Crippen LogP contribution in [0.3, 0.4) is 0 Å². The van der Waals surface area contributed by atoms with Crippen molar-refractivity contribution >= 4 is 22.8 Å². The fraction of sp³-hybridized carbons (Fsp3) is 0.200. The third-order valence-electron chi connectivity index (χ3n) is 4.11. The summed E-state index contributed by atoms with van der Waals surface area (Å²) in [6, 6.07) is 14.0. The first-order chi connectivity index (χ1) is 12.5. The molecule has 0 radical (unpaired) electrons. The van der Waals surface area contributed by atoms with Crippen LogP contribution in [0.5, 0.6) is 5.75 Å². The number of benzene rings is 2. The minimum absolute atomic E-state index is 0.0828. The molecule has 0 bridgehead atoms. The topological polar surface area (TPSA) is 77.8 Å². The number of carboxylic acid groups (broad SMARTS) is 1. The smallest absolute Gasteiger partial charge is 0.307 e. The zero-order chi connectivity index (χ0) is 18.7. The van der Waals surface area contributed by atoms with Crippen molar-refractivity contribution in [3.05, 3.63) is 65.4 Å². The van der Waals surface area contributed by atoms with Gasteiger partial charge in [-0.1, -0.05) is 12.1 Å². The Morgan fingerprint density at radius 2 is 1.85 bits per heavy atom. The maximum absolute atomic E-state index is 13.0. The second-order valence-corrected chi connectivity index (χ2v) is 5.92. The lowest BCUT2D eigenvalue weighted by Gasteiger charge is -2.09. The molecule has 0 spiro atoms. The fourth-order valence-corrected chi connectivity index (χ4v) is 2.96. The number of aliphatic carboxylic acids is 1. The van der Waals surface area contributed by atoms with Crippen LogP contribution in [0.15, 0.2) is 48.5 Å². The van der Waals surface area contributed by atoms with E-state index < -0.39 is 5.97 Å². The van der Waals surface area contributed by atoms with Crippen LogP contribution in [0.1, 0.15) is 21.6 Å². The predicted octanol–water partition coefficient (Wildman–Crippen LogP) is 3.25. The van der Waals surface area contributed by atoms with Crippen molar-refractivity contribution in [3.63, 3.8) is 0 Å². The summed E-state index contributed by atoms with van der Waals surface area (Å²) in [6.45, 7) is 1.97. The quantitative estimate of drug-likeness (QED) is 0.688. The van der Waals surface area contributed by atoms with E-state index in [0.29, 0.717) is 22.4 Å². The lowest BCUT2D eigenvalue weighted by Crippen LogP contribution is -2.13. The van der Waals surface area contributed by atoms with Crippen LogP contribution in [0.2, 0.25) is 0 Å². The molecule has 0 aliphatic heterocycles. The number of carboxylic acids is 1. The van der Waals surface area contributed by atoms with Gasteiger partial charge in [-0.05, 0) is 48.9 Å². The molecule has 3 aromatic rings. The predicted molar refractivity (Wildman–Crippen MR) is 96.7 cm³/mol. The average Bonchev–Trinajstić information content (AvgIpc) is 2.96. The number of methoxy groups -OCH3 is 1. The maximum atomic E-state index is 13.0. The Balaban J connectivity index is 1.98. The Morgan fingerprint density at radius 3 is 2.50 bits per heavy atom. The maximum Gasteiger partial charge on any atom is 0.307 e. The molecule has 6 nitrogen and oxygen atoms in total. The first kappa shape index (κ1) is 17.7. The van der Waals surface area contributed by atoms with E-state index in [0.717, 1.165) is 11.1 Å². The van der Waals surface area contributed by atoms with E-state index in [4.69, 9.17) is 14.6 Å². The number of hydrogen-bond acceptors (Lipinski definition) is 4. The number of ether oxygens (including phenoxy) is 2. The Morgan fingerprint density at radius 1 is 1.12 bits per heavy atom. The van der Waals surface area contributed by atoms with Crippen LogP contribution in [-0.4, -0.2) is 35.5 Å². The van der Waals surface area contributed by atoms with E-state index in [9.17, 15) is 9.59 Å². The standard InChI is InChI=1S/C20H19NO5/c1-13-10-17-15(11-19(22)23)4-3-5-18(17)21(13)20(24)14-6-8-16(9-7-14)26-12-25-2/h3-10H,11-12H2,1-2H3,(H,22,23). The minimum Gasteiger partial charge on any atom is -0.481 e. The van der Waals surface area contributed by atoms with Crippen LogP contribution < -0.4 is 4.74 Å². The summed E-state index contributed by atoms with van der Waals surface area (Å²) in [5, 5.41) is 9.86. The van der Waals surface area contributed by atoms with E-state index >= 15 is 0 Å². The molecular weight excluding hydrogens is 334 g/mol. The molecule has 0 aliphatic rings. The molecule has 0 saturated carbocycles. The highest BCUT2D eigenvalue weighted by molar-refractivity contribution is 6.04. The van der Waals surface area contributed by atoms with Gasteiger partial charge in [0, 0.05) is 23.8 Å². The van der Waals surface area contributed by atoms with Crippen molar-refractivity contribution in [3.8, 4) is 5.75 Å². The largest absolute Gasteiger partial charge is 0.481 e. The Hall–Kier alpha value is -3.12. The van der Waals surface area contributed by atoms with E-state index in [1.807, 2.05) is 19.1 Å². The first-order valence-corrected chi connectivity index (χ1v) is 8.09. The zero-order valence-corrected chi connectivity index (χ0v) is 14.6. The molecule has 6 heteroatoms. The molecule has 3 rings (SSSR count). The second kappa shape index (κ2) is 7.41. The van der Waals surface area contributed by atoms with E-state index in [-0.39, 0.29) is 19.1 Å². The molecule has 0 unspecified atom stereocenters. The molecule has 26 heavy (non-hydrogen) atoms. The molecular formula is C20H19NO5. The van der Waals surface area contributed by atoms with Gasteiger partial charge in [-0.3, -0.25) is 14.2 Å². The van der Waals surface area contributed by atoms with Crippen molar-refractivity contribution in [2.45, 2.75) is 13.3 Å². The van der Waals surface area contributed by atoms with E-state index in [1.54, 1.807) is 41.0 Å². The van der Waals surface area contributed by atoms with E-state index in [2.05, 4.69) is 0 Å². The highest BCUT2D eigenvalue weighted by atomic mass is 16.7. The van der Waals surface area contributed by atoms with Gasteiger partial charge in [-0.25, -0.2) is 0 Å². The van der Waals surface area contributed by atoms with Crippen LogP contribution in [0.25, 0.3) is 10.9 Å². The number of rotatable bonds is 6. The van der Waals surface area contributed by atoms with Gasteiger partial charge in [0.2, 0.25) is 0 Å². The van der Waals surface area contributed by atoms with Gasteiger partial charge in [-0.2, -0.15) is 0 Å². The number of aryl methyl sites for hydroxylation is 1. The molecule has 0 atom stereocenters. The molecule has 0 fully saturated rings. The summed E-state index contributed by atoms with van der Waals surface area (Å²) in [5.74, 6) is -0.467. The number of aromatic nitrogens is 1. The Labute approximate surface area is 150 Å². The molecule has 134 valence electrons. The molecule has 0 aliphatic carbocycles. The van der Waals surface area contributed by atoms with Crippen molar-refractivity contribution in [2.75, 3.05) is 13.9 Å². The van der Waals surface area contributed by atoms with Gasteiger partial charge in [0.05, 0.1) is 11.9 Å². The lowest BCUT2D eigenvalue weighted by atomic mass is 10.1. The van der Waals surface area contributed by atoms with E-state index in [1.165, 1.54) is 7.11 Å². The van der Waals surface area contributed by atoms with Gasteiger partial charge in [0.1, 0.15) is 5.75 Å². The van der Waals surface area contributed by atoms with Crippen LogP contribution in [0, 0.1) is 6.92 Å². The summed E-state index contributed by atoms with van der Waals surface area (Å²) in [4.78, 5) is 24.1. The molecule has 2 aromatic carbocycles. The van der Waals surface area contributed by atoms with Crippen LogP contribution >= 0.6 is 0 Å². The van der Waals surface area contributed by atoms with Gasteiger partial charge < -0.3 is 14.6 Å². The third kappa shape index (κ3) is 3.45. The number of fused-ring (bicyclic) bond motifs is 1. The number of carbonyl (C=O) groups is 2. The van der Waals surface area contributed by atoms with Crippen LogP contribution in [0.4, 0.5) is 0 Å². The van der Waals surface area contributed by atoms with Gasteiger partial charge >= 0.3 is 5.97 Å². The highest BCUT2D eigenvalue weighted by Crippen LogP contribution is 2.25. The molecule has 1 heterocycles. The summed E-state index contributed by atoms with van der Waals surface area (Å²) >= 11 is 0. The normalized spacial score (nSPS) is 10.8. The van der Waals surface area contributed by atoms with Crippen molar-refractivity contribution < 1.29 is 24.2 Å². The van der Waals surface area contributed by atoms with Gasteiger partial charge in [-0.15, -0.1) is 0 Å². The van der Waals surface area contributed by atoms with Crippen molar-refractivity contribution in [1.82, 2.24) is 4.57 Å². The molecule has 1 N–H and O–H groups in total. The summed E-state index contributed by atoms with van der Waals surface area (Å²) in [5.41, 5.74) is 2.65.